The Kier molecular flexibility index (Phi) is 3.16. The molecule has 1 saturated heterocycles. The van der Waals surface area contributed by atoms with Gasteiger partial charge in [-0.2, -0.15) is 0 Å². The second kappa shape index (κ2) is 4.67. The first-order valence-electron chi connectivity index (χ1n) is 7.14. The molecule has 1 N–H and O–H groups in total. The molecule has 0 radical (unpaired) electrons. The van der Waals surface area contributed by atoms with Crippen LogP contribution in [0.2, 0.25) is 0 Å². The molecule has 2 heteroatoms. The minimum Gasteiger partial charge on any atom is -0.390 e. The van der Waals surface area contributed by atoms with Crippen LogP contribution in [0.4, 0.5) is 0 Å². The van der Waals surface area contributed by atoms with Crippen LogP contribution in [0, 0.1) is 0 Å². The van der Waals surface area contributed by atoms with Gasteiger partial charge in [0.2, 0.25) is 0 Å². The van der Waals surface area contributed by atoms with Crippen LogP contribution in [-0.2, 0) is 6.42 Å². The summed E-state index contributed by atoms with van der Waals surface area (Å²) < 4.78 is 0. The molecule has 98 valence electrons. The number of nitrogens with zero attached hydrogens (tertiary/aromatic N) is 1. The van der Waals surface area contributed by atoms with E-state index < -0.39 is 0 Å². The highest BCUT2D eigenvalue weighted by Gasteiger charge is 2.40. The number of rotatable bonds is 3. The topological polar surface area (TPSA) is 23.5 Å². The summed E-state index contributed by atoms with van der Waals surface area (Å²) in [5, 5.41) is 9.92. The molecule has 0 atom stereocenters. The van der Waals surface area contributed by atoms with Crippen LogP contribution in [0.3, 0.4) is 0 Å². The van der Waals surface area contributed by atoms with Gasteiger partial charge in [0.25, 0.3) is 0 Å². The van der Waals surface area contributed by atoms with Crippen molar-refractivity contribution in [1.29, 1.82) is 0 Å². The molecular formula is C16H23NO. The molecule has 0 unspecified atom stereocenters. The van der Waals surface area contributed by atoms with Gasteiger partial charge in [0.15, 0.2) is 0 Å². The van der Waals surface area contributed by atoms with Crippen LogP contribution in [0.5, 0.6) is 0 Å². The summed E-state index contributed by atoms with van der Waals surface area (Å²) in [5.74, 6) is 0.735. The van der Waals surface area contributed by atoms with E-state index in [-0.39, 0.29) is 5.60 Å². The molecule has 2 nitrogen and oxygen atoms in total. The molecule has 1 aliphatic heterocycles. The van der Waals surface area contributed by atoms with Crippen molar-refractivity contribution >= 4 is 0 Å². The number of benzene rings is 1. The summed E-state index contributed by atoms with van der Waals surface area (Å²) in [7, 11) is 2.20. The number of hydrogen-bond donors (Lipinski definition) is 1. The summed E-state index contributed by atoms with van der Waals surface area (Å²) in [5.41, 5.74) is 2.40. The quantitative estimate of drug-likeness (QED) is 0.884. The lowest BCUT2D eigenvalue weighted by atomic mass is 9.89. The van der Waals surface area contributed by atoms with E-state index >= 15 is 0 Å². The normalized spacial score (nSPS) is 24.1. The molecule has 0 spiro atoms. The van der Waals surface area contributed by atoms with Crippen molar-refractivity contribution in [2.24, 2.45) is 0 Å². The Morgan fingerprint density at radius 1 is 1.17 bits per heavy atom. The maximum Gasteiger partial charge on any atom is 0.0690 e. The van der Waals surface area contributed by atoms with Gasteiger partial charge in [-0.1, -0.05) is 24.3 Å². The van der Waals surface area contributed by atoms with E-state index in [0.717, 1.165) is 25.2 Å². The van der Waals surface area contributed by atoms with Crippen molar-refractivity contribution in [1.82, 2.24) is 4.90 Å². The maximum absolute atomic E-state index is 9.92. The van der Waals surface area contributed by atoms with E-state index in [9.17, 15) is 5.11 Å². The average Bonchev–Trinajstić information content (AvgIpc) is 3.09. The second-order valence-electron chi connectivity index (χ2n) is 6.22. The molecular weight excluding hydrogens is 222 g/mol. The zero-order valence-corrected chi connectivity index (χ0v) is 11.2. The standard InChI is InChI=1S/C16H23NO/c1-17-10-6-15(7-11-17)14-4-2-13(3-5-14)12-16(18)8-9-16/h2-5,15,18H,6-12H2,1H3. The van der Waals surface area contributed by atoms with Gasteiger partial charge in [0.05, 0.1) is 5.60 Å². The smallest absolute Gasteiger partial charge is 0.0690 e. The fourth-order valence-corrected chi connectivity index (χ4v) is 2.95. The zero-order chi connectivity index (χ0) is 12.6. The van der Waals surface area contributed by atoms with Crippen LogP contribution in [-0.4, -0.2) is 35.7 Å². The summed E-state index contributed by atoms with van der Waals surface area (Å²) in [6.07, 6.45) is 5.34. The van der Waals surface area contributed by atoms with Gasteiger partial charge < -0.3 is 10.0 Å². The molecule has 0 amide bonds. The first-order chi connectivity index (χ1) is 8.65. The third-order valence-corrected chi connectivity index (χ3v) is 4.53. The van der Waals surface area contributed by atoms with Crippen LogP contribution in [0.15, 0.2) is 24.3 Å². The van der Waals surface area contributed by atoms with Gasteiger partial charge in [-0.05, 0) is 62.9 Å². The average molecular weight is 245 g/mol. The van der Waals surface area contributed by atoms with Crippen LogP contribution >= 0.6 is 0 Å². The van der Waals surface area contributed by atoms with Crippen molar-refractivity contribution in [3.05, 3.63) is 35.4 Å². The van der Waals surface area contributed by atoms with E-state index in [1.807, 2.05) is 0 Å². The Hall–Kier alpha value is -0.860. The second-order valence-corrected chi connectivity index (χ2v) is 6.22. The first kappa shape index (κ1) is 12.2. The molecule has 2 aliphatic rings. The first-order valence-corrected chi connectivity index (χ1v) is 7.14. The maximum atomic E-state index is 9.92. The third kappa shape index (κ3) is 2.76. The number of aliphatic hydroxyl groups is 1. The van der Waals surface area contributed by atoms with Gasteiger partial charge in [-0.3, -0.25) is 0 Å². The zero-order valence-electron chi connectivity index (χ0n) is 11.2. The monoisotopic (exact) mass is 245 g/mol. The minimum absolute atomic E-state index is 0.366. The Labute approximate surface area is 110 Å². The van der Waals surface area contributed by atoms with Crippen LogP contribution < -0.4 is 0 Å². The molecule has 1 aromatic rings. The fraction of sp³-hybridized carbons (Fsp3) is 0.625. The van der Waals surface area contributed by atoms with Crippen LogP contribution in [0.1, 0.15) is 42.7 Å². The number of likely N-dealkylation sites (tertiary alicyclic amines) is 1. The molecule has 18 heavy (non-hydrogen) atoms. The largest absolute Gasteiger partial charge is 0.390 e. The van der Waals surface area contributed by atoms with Crippen LogP contribution in [0.25, 0.3) is 0 Å². The van der Waals surface area contributed by atoms with Gasteiger partial charge in [0.1, 0.15) is 0 Å². The molecule has 1 aliphatic carbocycles. The molecule has 2 fully saturated rings. The van der Waals surface area contributed by atoms with Crippen molar-refractivity contribution in [2.45, 2.75) is 43.6 Å². The van der Waals surface area contributed by atoms with Gasteiger partial charge >= 0.3 is 0 Å². The van der Waals surface area contributed by atoms with Crippen molar-refractivity contribution < 1.29 is 5.11 Å². The minimum atomic E-state index is -0.366. The van der Waals surface area contributed by atoms with Crippen molar-refractivity contribution in [3.8, 4) is 0 Å². The van der Waals surface area contributed by atoms with E-state index in [0.29, 0.717) is 0 Å². The Morgan fingerprint density at radius 2 is 1.78 bits per heavy atom. The number of hydrogen-bond acceptors (Lipinski definition) is 2. The fourth-order valence-electron chi connectivity index (χ4n) is 2.95. The summed E-state index contributed by atoms with van der Waals surface area (Å²) in [6.45, 7) is 2.43. The molecule has 1 heterocycles. The highest BCUT2D eigenvalue weighted by Crippen LogP contribution is 2.38. The van der Waals surface area contributed by atoms with Gasteiger partial charge in [-0.25, -0.2) is 0 Å². The molecule has 1 saturated carbocycles. The van der Waals surface area contributed by atoms with E-state index in [1.54, 1.807) is 0 Å². The Bertz CT molecular complexity index is 400. The van der Waals surface area contributed by atoms with Crippen molar-refractivity contribution in [3.63, 3.8) is 0 Å². The Morgan fingerprint density at radius 3 is 2.33 bits per heavy atom. The predicted molar refractivity (Wildman–Crippen MR) is 73.8 cm³/mol. The highest BCUT2D eigenvalue weighted by atomic mass is 16.3. The van der Waals surface area contributed by atoms with E-state index in [4.69, 9.17) is 0 Å². The van der Waals surface area contributed by atoms with Gasteiger partial charge in [-0.15, -0.1) is 0 Å². The summed E-state index contributed by atoms with van der Waals surface area (Å²) in [4.78, 5) is 2.41. The lowest BCUT2D eigenvalue weighted by Gasteiger charge is -2.29. The molecule has 3 rings (SSSR count). The SMILES string of the molecule is CN1CCC(c2ccc(CC3(O)CC3)cc2)CC1. The molecule has 0 aromatic heterocycles. The lowest BCUT2D eigenvalue weighted by molar-refractivity contribution is 0.151. The van der Waals surface area contributed by atoms with E-state index in [1.165, 1.54) is 37.1 Å². The lowest BCUT2D eigenvalue weighted by Crippen LogP contribution is -2.29. The highest BCUT2D eigenvalue weighted by molar-refractivity contribution is 5.27. The van der Waals surface area contributed by atoms with E-state index in [2.05, 4.69) is 36.2 Å². The van der Waals surface area contributed by atoms with Crippen molar-refractivity contribution in [2.75, 3.05) is 20.1 Å². The third-order valence-electron chi connectivity index (χ3n) is 4.53. The molecule has 1 aromatic carbocycles. The molecule has 0 bridgehead atoms. The Balaban J connectivity index is 1.63. The van der Waals surface area contributed by atoms with Gasteiger partial charge in [0, 0.05) is 6.42 Å². The number of piperidine rings is 1. The summed E-state index contributed by atoms with van der Waals surface area (Å²) in [6, 6.07) is 8.97. The predicted octanol–water partition coefficient (Wildman–Crippen LogP) is 2.56. The summed E-state index contributed by atoms with van der Waals surface area (Å²) >= 11 is 0.